The Hall–Kier alpha value is -0.650. The van der Waals surface area contributed by atoms with E-state index < -0.39 is 0 Å². The van der Waals surface area contributed by atoms with Gasteiger partial charge in [0, 0.05) is 21.5 Å². The molecule has 0 saturated heterocycles. The summed E-state index contributed by atoms with van der Waals surface area (Å²) < 4.78 is 14.5. The molecule has 20 heavy (non-hydrogen) atoms. The van der Waals surface area contributed by atoms with E-state index in [0.717, 1.165) is 27.3 Å². The van der Waals surface area contributed by atoms with E-state index in [9.17, 15) is 9.18 Å². The summed E-state index contributed by atoms with van der Waals surface area (Å²) in [4.78, 5) is 14.4. The second-order valence-electron chi connectivity index (χ2n) is 4.70. The zero-order valence-corrected chi connectivity index (χ0v) is 13.8. The number of hydrogen-bond donors (Lipinski definition) is 0. The Kier molecular flexibility index (Phi) is 4.29. The van der Waals surface area contributed by atoms with Gasteiger partial charge in [-0.1, -0.05) is 15.9 Å². The third-order valence-corrected chi connectivity index (χ3v) is 6.04. The van der Waals surface area contributed by atoms with Crippen LogP contribution in [0.2, 0.25) is 0 Å². The van der Waals surface area contributed by atoms with Crippen molar-refractivity contribution >= 4 is 44.8 Å². The van der Waals surface area contributed by atoms with E-state index in [1.54, 1.807) is 23.5 Å². The average Bonchev–Trinajstić information content (AvgIpc) is 2.87. The predicted octanol–water partition coefficient (Wildman–Crippen LogP) is 4.86. The minimum absolute atomic E-state index is 0.00593. The van der Waals surface area contributed by atoms with Crippen LogP contribution in [0.15, 0.2) is 28.7 Å². The maximum atomic E-state index is 13.7. The molecule has 0 radical (unpaired) electrons. The molecule has 3 rings (SSSR count). The van der Waals surface area contributed by atoms with E-state index in [4.69, 9.17) is 0 Å². The lowest BCUT2D eigenvalue weighted by Crippen LogP contribution is -2.03. The molecule has 2 heterocycles. The predicted molar refractivity (Wildman–Crippen MR) is 86.3 cm³/mol. The van der Waals surface area contributed by atoms with Gasteiger partial charge in [-0.15, -0.1) is 11.3 Å². The van der Waals surface area contributed by atoms with Crippen LogP contribution in [0.4, 0.5) is 4.39 Å². The van der Waals surface area contributed by atoms with Gasteiger partial charge in [0.2, 0.25) is 0 Å². The van der Waals surface area contributed by atoms with Crippen molar-refractivity contribution in [2.45, 2.75) is 18.6 Å². The van der Waals surface area contributed by atoms with Gasteiger partial charge in [0.15, 0.2) is 5.78 Å². The highest BCUT2D eigenvalue weighted by Gasteiger charge is 2.18. The quantitative estimate of drug-likeness (QED) is 0.717. The molecule has 0 aliphatic carbocycles. The summed E-state index contributed by atoms with van der Waals surface area (Å²) in [6.07, 6.45) is 1.17. The van der Waals surface area contributed by atoms with Crippen molar-refractivity contribution in [2.24, 2.45) is 0 Å². The fourth-order valence-corrected chi connectivity index (χ4v) is 4.94. The number of Topliss-reactive ketones (excluding diaryl/α,β-unsaturated/α-hetero) is 1. The first-order valence-corrected chi connectivity index (χ1v) is 9.06. The summed E-state index contributed by atoms with van der Waals surface area (Å²) in [5.74, 6) is 1.80. The zero-order valence-electron chi connectivity index (χ0n) is 10.6. The monoisotopic (exact) mass is 370 g/mol. The van der Waals surface area contributed by atoms with E-state index in [1.807, 2.05) is 17.8 Å². The topological polar surface area (TPSA) is 17.1 Å². The van der Waals surface area contributed by atoms with Gasteiger partial charge in [-0.2, -0.15) is 11.8 Å². The minimum Gasteiger partial charge on any atom is -0.293 e. The number of thiophene rings is 1. The van der Waals surface area contributed by atoms with Gasteiger partial charge in [-0.25, -0.2) is 4.39 Å². The SMILES string of the molecule is O=C(Cc1cc(Br)ccc1F)c1cc2c(s1)CCSC2. The van der Waals surface area contributed by atoms with Crippen molar-refractivity contribution in [3.05, 3.63) is 55.4 Å². The fraction of sp³-hybridized carbons (Fsp3) is 0.267. The Morgan fingerprint density at radius 3 is 3.00 bits per heavy atom. The van der Waals surface area contributed by atoms with Crippen LogP contribution in [0.25, 0.3) is 0 Å². The van der Waals surface area contributed by atoms with Crippen LogP contribution in [-0.2, 0) is 18.6 Å². The van der Waals surface area contributed by atoms with E-state index in [0.29, 0.717) is 5.56 Å². The van der Waals surface area contributed by atoms with Gasteiger partial charge in [-0.3, -0.25) is 4.79 Å². The first-order valence-electron chi connectivity index (χ1n) is 6.30. The Labute approximate surface area is 133 Å². The van der Waals surface area contributed by atoms with Gasteiger partial charge in [0.1, 0.15) is 5.82 Å². The second kappa shape index (κ2) is 6.00. The molecule has 0 amide bonds. The number of fused-ring (bicyclic) bond motifs is 1. The Morgan fingerprint density at radius 1 is 1.35 bits per heavy atom. The third kappa shape index (κ3) is 3.00. The average molecular weight is 371 g/mol. The summed E-state index contributed by atoms with van der Waals surface area (Å²) >= 11 is 6.79. The standard InChI is InChI=1S/C15H12BrFOS2/c16-11-1-2-12(17)9(5-11)6-13(18)15-7-10-8-19-4-3-14(10)20-15/h1-2,5,7H,3-4,6,8H2. The van der Waals surface area contributed by atoms with Crippen molar-refractivity contribution in [3.63, 3.8) is 0 Å². The number of hydrogen-bond acceptors (Lipinski definition) is 3. The molecule has 0 spiro atoms. The van der Waals surface area contributed by atoms with Crippen molar-refractivity contribution in [1.29, 1.82) is 0 Å². The van der Waals surface area contributed by atoms with Crippen LogP contribution >= 0.6 is 39.0 Å². The lowest BCUT2D eigenvalue weighted by molar-refractivity contribution is 0.0995. The third-order valence-electron chi connectivity index (χ3n) is 3.26. The van der Waals surface area contributed by atoms with Gasteiger partial charge >= 0.3 is 0 Å². The summed E-state index contributed by atoms with van der Waals surface area (Å²) in [6.45, 7) is 0. The van der Waals surface area contributed by atoms with Crippen LogP contribution in [0.5, 0.6) is 0 Å². The second-order valence-corrected chi connectivity index (χ2v) is 7.85. The Balaban J connectivity index is 1.82. The molecule has 1 aromatic carbocycles. The molecule has 1 nitrogen and oxygen atoms in total. The Morgan fingerprint density at radius 2 is 2.20 bits per heavy atom. The molecule has 0 atom stereocenters. The largest absolute Gasteiger partial charge is 0.293 e. The molecule has 0 fully saturated rings. The van der Waals surface area contributed by atoms with E-state index in [-0.39, 0.29) is 18.0 Å². The highest BCUT2D eigenvalue weighted by Crippen LogP contribution is 2.32. The van der Waals surface area contributed by atoms with E-state index in [1.165, 1.54) is 16.5 Å². The minimum atomic E-state index is -0.321. The lowest BCUT2D eigenvalue weighted by atomic mass is 10.1. The Bertz CT molecular complexity index is 642. The molecule has 1 aromatic heterocycles. The number of carbonyl (C=O) groups is 1. The fourth-order valence-electron chi connectivity index (χ4n) is 2.22. The molecular weight excluding hydrogens is 359 g/mol. The van der Waals surface area contributed by atoms with Crippen LogP contribution in [0.3, 0.4) is 0 Å². The summed E-state index contributed by atoms with van der Waals surface area (Å²) in [6, 6.07) is 6.70. The molecular formula is C15H12BrFOS2. The highest BCUT2D eigenvalue weighted by atomic mass is 79.9. The molecule has 1 aliphatic rings. The molecule has 2 aromatic rings. The lowest BCUT2D eigenvalue weighted by Gasteiger charge is -2.08. The number of rotatable bonds is 3. The van der Waals surface area contributed by atoms with Gasteiger partial charge in [-0.05, 0) is 47.6 Å². The van der Waals surface area contributed by atoms with Crippen molar-refractivity contribution in [3.8, 4) is 0 Å². The number of ketones is 1. The summed E-state index contributed by atoms with van der Waals surface area (Å²) in [5.41, 5.74) is 1.73. The van der Waals surface area contributed by atoms with E-state index in [2.05, 4.69) is 15.9 Å². The smallest absolute Gasteiger partial charge is 0.177 e. The highest BCUT2D eigenvalue weighted by molar-refractivity contribution is 9.10. The number of carbonyl (C=O) groups excluding carboxylic acids is 1. The molecule has 0 unspecified atom stereocenters. The summed E-state index contributed by atoms with van der Waals surface area (Å²) in [7, 11) is 0. The molecule has 0 saturated carbocycles. The molecule has 1 aliphatic heterocycles. The number of thioether (sulfide) groups is 1. The van der Waals surface area contributed by atoms with Crippen molar-refractivity contribution in [2.75, 3.05) is 5.75 Å². The van der Waals surface area contributed by atoms with Crippen LogP contribution in [0.1, 0.15) is 25.7 Å². The first-order chi connectivity index (χ1) is 9.63. The normalized spacial score (nSPS) is 14.1. The molecule has 5 heteroatoms. The van der Waals surface area contributed by atoms with Crippen molar-refractivity contribution in [1.82, 2.24) is 0 Å². The van der Waals surface area contributed by atoms with E-state index >= 15 is 0 Å². The number of aryl methyl sites for hydroxylation is 1. The van der Waals surface area contributed by atoms with Crippen molar-refractivity contribution < 1.29 is 9.18 Å². The van der Waals surface area contributed by atoms with Gasteiger partial charge in [0.05, 0.1) is 4.88 Å². The van der Waals surface area contributed by atoms with Gasteiger partial charge in [0.25, 0.3) is 0 Å². The number of benzene rings is 1. The first kappa shape index (κ1) is 14.3. The summed E-state index contributed by atoms with van der Waals surface area (Å²) in [5, 5.41) is 0. The zero-order chi connectivity index (χ0) is 14.1. The van der Waals surface area contributed by atoms with Crippen LogP contribution in [0, 0.1) is 5.82 Å². The maximum Gasteiger partial charge on any atom is 0.177 e. The molecule has 0 bridgehead atoms. The number of halogens is 2. The van der Waals surface area contributed by atoms with Gasteiger partial charge < -0.3 is 0 Å². The molecule has 104 valence electrons. The molecule has 0 N–H and O–H groups in total. The van der Waals surface area contributed by atoms with Crippen LogP contribution < -0.4 is 0 Å². The van der Waals surface area contributed by atoms with Crippen LogP contribution in [-0.4, -0.2) is 11.5 Å². The maximum absolute atomic E-state index is 13.7.